The molecule has 0 radical (unpaired) electrons. The van der Waals surface area contributed by atoms with Crippen LogP contribution in [0.2, 0.25) is 0 Å². The zero-order valence-electron chi connectivity index (χ0n) is 11.8. The van der Waals surface area contributed by atoms with Crippen molar-refractivity contribution in [3.8, 4) is 0 Å². The van der Waals surface area contributed by atoms with E-state index < -0.39 is 29.6 Å². The monoisotopic (exact) mass is 302 g/mol. The predicted molar refractivity (Wildman–Crippen MR) is 78.9 cm³/mol. The van der Waals surface area contributed by atoms with E-state index in [0.29, 0.717) is 5.69 Å². The van der Waals surface area contributed by atoms with Crippen LogP contribution in [-0.2, 0) is 4.79 Å². The number of aryl methyl sites for hydroxylation is 1. The van der Waals surface area contributed by atoms with Crippen LogP contribution in [0, 0.1) is 6.92 Å². The molecule has 22 heavy (non-hydrogen) atoms. The van der Waals surface area contributed by atoms with Crippen LogP contribution in [0.1, 0.15) is 15.9 Å². The lowest BCUT2D eigenvalue weighted by Gasteiger charge is -2.09. The number of aromatic nitrogens is 1. The fourth-order valence-corrected chi connectivity index (χ4v) is 1.79. The molecule has 0 unspecified atom stereocenters. The summed E-state index contributed by atoms with van der Waals surface area (Å²) in [6.07, 6.45) is 1.24. The van der Waals surface area contributed by atoms with Gasteiger partial charge < -0.3 is 15.3 Å². The third-order valence-electron chi connectivity index (χ3n) is 2.78. The van der Waals surface area contributed by atoms with Crippen molar-refractivity contribution in [1.29, 1.82) is 0 Å². The largest absolute Gasteiger partial charge is 0.477 e. The third kappa shape index (κ3) is 3.72. The van der Waals surface area contributed by atoms with Crippen LogP contribution >= 0.6 is 0 Å². The van der Waals surface area contributed by atoms with Gasteiger partial charge in [0, 0.05) is 11.9 Å². The van der Waals surface area contributed by atoms with Crippen molar-refractivity contribution in [2.45, 2.75) is 6.92 Å². The Morgan fingerprint density at radius 1 is 1.27 bits per heavy atom. The Morgan fingerprint density at radius 3 is 2.73 bits per heavy atom. The van der Waals surface area contributed by atoms with E-state index in [9.17, 15) is 14.4 Å². The minimum atomic E-state index is -1.35. The summed E-state index contributed by atoms with van der Waals surface area (Å²) in [7, 11) is 0. The normalized spacial score (nSPS) is 10.0. The summed E-state index contributed by atoms with van der Waals surface area (Å²) >= 11 is 0. The van der Waals surface area contributed by atoms with Crippen LogP contribution < -0.4 is 15.7 Å². The summed E-state index contributed by atoms with van der Waals surface area (Å²) < 4.78 is 0.722. The van der Waals surface area contributed by atoms with Gasteiger partial charge in [0.15, 0.2) is 6.61 Å². The highest BCUT2D eigenvalue weighted by Gasteiger charge is 2.11. The number of carboxylic acids is 1. The van der Waals surface area contributed by atoms with Gasteiger partial charge in [-0.3, -0.25) is 9.59 Å². The number of pyridine rings is 1. The highest BCUT2D eigenvalue weighted by atomic mass is 16.7. The number of anilines is 1. The van der Waals surface area contributed by atoms with Crippen molar-refractivity contribution in [2.75, 3.05) is 11.9 Å². The van der Waals surface area contributed by atoms with Crippen molar-refractivity contribution >= 4 is 17.6 Å². The number of hydrogen-bond acceptors (Lipinski definition) is 4. The zero-order chi connectivity index (χ0) is 16.1. The fraction of sp³-hybridized carbons (Fsp3) is 0.133. The molecule has 0 saturated carbocycles. The molecule has 114 valence electrons. The number of carboxylic acid groups (broad SMARTS) is 1. The Kier molecular flexibility index (Phi) is 4.57. The summed E-state index contributed by atoms with van der Waals surface area (Å²) in [4.78, 5) is 39.4. The van der Waals surface area contributed by atoms with Crippen molar-refractivity contribution < 1.29 is 19.5 Å². The van der Waals surface area contributed by atoms with Crippen LogP contribution in [-0.4, -0.2) is 28.3 Å². The maximum atomic E-state index is 11.8. The number of rotatable bonds is 5. The summed E-state index contributed by atoms with van der Waals surface area (Å²) in [5.74, 6) is -1.81. The maximum absolute atomic E-state index is 11.8. The molecule has 0 fully saturated rings. The molecular formula is C15H14N2O5. The lowest BCUT2D eigenvalue weighted by atomic mass is 10.2. The van der Waals surface area contributed by atoms with E-state index in [2.05, 4.69) is 5.32 Å². The van der Waals surface area contributed by atoms with E-state index in [-0.39, 0.29) is 0 Å². The molecular weight excluding hydrogens is 288 g/mol. The molecule has 2 aromatic rings. The molecule has 0 bridgehead atoms. The van der Waals surface area contributed by atoms with Crippen molar-refractivity contribution in [3.63, 3.8) is 0 Å². The van der Waals surface area contributed by atoms with Crippen LogP contribution in [0.4, 0.5) is 5.69 Å². The molecule has 2 N–H and O–H groups in total. The molecule has 7 heteroatoms. The molecule has 1 heterocycles. The van der Waals surface area contributed by atoms with Crippen LogP contribution in [0.3, 0.4) is 0 Å². The van der Waals surface area contributed by atoms with Crippen molar-refractivity contribution in [1.82, 2.24) is 4.73 Å². The quantitative estimate of drug-likeness (QED) is 0.856. The van der Waals surface area contributed by atoms with E-state index in [1.165, 1.54) is 12.3 Å². The summed E-state index contributed by atoms with van der Waals surface area (Å²) in [5.41, 5.74) is 0.337. The molecule has 0 spiro atoms. The van der Waals surface area contributed by atoms with Gasteiger partial charge in [0.05, 0.1) is 0 Å². The molecule has 1 aromatic heterocycles. The molecule has 0 aliphatic carbocycles. The summed E-state index contributed by atoms with van der Waals surface area (Å²) in [6, 6.07) is 9.72. The molecule has 0 saturated heterocycles. The topological polar surface area (TPSA) is 97.6 Å². The van der Waals surface area contributed by atoms with Crippen LogP contribution in [0.25, 0.3) is 0 Å². The number of hydrogen-bond donors (Lipinski definition) is 2. The second-order valence-electron chi connectivity index (χ2n) is 4.55. The number of nitrogens with one attached hydrogen (secondary N) is 1. The average molecular weight is 302 g/mol. The van der Waals surface area contributed by atoms with Gasteiger partial charge in [-0.1, -0.05) is 12.1 Å². The van der Waals surface area contributed by atoms with E-state index in [0.717, 1.165) is 16.4 Å². The first kappa shape index (κ1) is 15.3. The van der Waals surface area contributed by atoms with E-state index in [1.807, 2.05) is 13.0 Å². The van der Waals surface area contributed by atoms with Gasteiger partial charge in [-0.2, -0.15) is 4.73 Å². The van der Waals surface area contributed by atoms with Crippen molar-refractivity contribution in [3.05, 3.63) is 64.1 Å². The lowest BCUT2D eigenvalue weighted by Crippen LogP contribution is -2.34. The molecule has 1 amide bonds. The van der Waals surface area contributed by atoms with E-state index >= 15 is 0 Å². The van der Waals surface area contributed by atoms with Crippen LogP contribution in [0.5, 0.6) is 0 Å². The van der Waals surface area contributed by atoms with Gasteiger partial charge in [-0.05, 0) is 36.8 Å². The number of benzene rings is 1. The third-order valence-corrected chi connectivity index (χ3v) is 2.78. The number of aromatic carboxylic acids is 1. The predicted octanol–water partition coefficient (Wildman–Crippen LogP) is 0.922. The Bertz CT molecular complexity index is 767. The van der Waals surface area contributed by atoms with E-state index in [4.69, 9.17) is 9.94 Å². The molecule has 1 aromatic carbocycles. The van der Waals surface area contributed by atoms with Gasteiger partial charge in [0.25, 0.3) is 11.5 Å². The molecule has 0 aliphatic rings. The number of carbonyl (C=O) groups is 2. The van der Waals surface area contributed by atoms with E-state index in [1.54, 1.807) is 18.2 Å². The van der Waals surface area contributed by atoms with Gasteiger partial charge >= 0.3 is 5.97 Å². The fourth-order valence-electron chi connectivity index (χ4n) is 1.79. The van der Waals surface area contributed by atoms with Crippen LogP contribution in [0.15, 0.2) is 47.4 Å². The maximum Gasteiger partial charge on any atom is 0.341 e. The first-order valence-electron chi connectivity index (χ1n) is 6.42. The highest BCUT2D eigenvalue weighted by molar-refractivity contribution is 5.91. The number of amides is 1. The lowest BCUT2D eigenvalue weighted by molar-refractivity contribution is -0.120. The highest BCUT2D eigenvalue weighted by Crippen LogP contribution is 2.08. The van der Waals surface area contributed by atoms with Gasteiger partial charge in [0.2, 0.25) is 0 Å². The Morgan fingerprint density at radius 2 is 2.05 bits per heavy atom. The summed E-state index contributed by atoms with van der Waals surface area (Å²) in [6.45, 7) is 1.47. The van der Waals surface area contributed by atoms with Gasteiger partial charge in [-0.15, -0.1) is 0 Å². The first-order chi connectivity index (χ1) is 10.5. The SMILES string of the molecule is Cc1cccc(NC(=O)COn2cccc(C(=O)O)c2=O)c1. The standard InChI is InChI=1S/C15H14N2O5/c1-10-4-2-5-11(8-10)16-13(18)9-22-17-7-3-6-12(14(17)19)15(20)21/h2-8H,9H2,1H3,(H,16,18)(H,20,21). The second kappa shape index (κ2) is 6.57. The molecule has 0 aliphatic heterocycles. The molecule has 7 nitrogen and oxygen atoms in total. The summed E-state index contributed by atoms with van der Waals surface area (Å²) in [5, 5.41) is 11.5. The Balaban J connectivity index is 2.01. The Labute approximate surface area is 125 Å². The van der Waals surface area contributed by atoms with Crippen molar-refractivity contribution in [2.24, 2.45) is 0 Å². The first-order valence-corrected chi connectivity index (χ1v) is 6.42. The number of carbonyl (C=O) groups excluding carboxylic acids is 1. The minimum absolute atomic E-state index is 0.420. The smallest absolute Gasteiger partial charge is 0.341 e. The number of nitrogens with zero attached hydrogens (tertiary/aromatic N) is 1. The minimum Gasteiger partial charge on any atom is -0.477 e. The van der Waals surface area contributed by atoms with Gasteiger partial charge in [-0.25, -0.2) is 4.79 Å². The zero-order valence-corrected chi connectivity index (χ0v) is 11.8. The molecule has 2 rings (SSSR count). The van der Waals surface area contributed by atoms with Gasteiger partial charge in [0.1, 0.15) is 5.56 Å². The Hall–Kier alpha value is -3.09. The second-order valence-corrected chi connectivity index (χ2v) is 4.55. The average Bonchev–Trinajstić information content (AvgIpc) is 2.46. The molecule has 0 atom stereocenters.